The van der Waals surface area contributed by atoms with Crippen LogP contribution in [0.15, 0.2) is 18.2 Å². The highest BCUT2D eigenvalue weighted by atomic mass is 16.5. The number of piperidine rings is 2. The number of carbonyl (C=O) groups excluding carboxylic acids is 3. The van der Waals surface area contributed by atoms with Gasteiger partial charge in [0, 0.05) is 25.1 Å². The van der Waals surface area contributed by atoms with E-state index in [2.05, 4.69) is 10.2 Å². The van der Waals surface area contributed by atoms with Gasteiger partial charge >= 0.3 is 0 Å². The molecule has 29 heavy (non-hydrogen) atoms. The van der Waals surface area contributed by atoms with Crippen molar-refractivity contribution in [1.29, 1.82) is 0 Å². The maximum absolute atomic E-state index is 12.8. The van der Waals surface area contributed by atoms with Crippen LogP contribution in [0.5, 0.6) is 5.75 Å². The number of nitrogens with one attached hydrogen (secondary N) is 1. The van der Waals surface area contributed by atoms with Crippen LogP contribution in [0.25, 0.3) is 0 Å². The van der Waals surface area contributed by atoms with Crippen molar-refractivity contribution >= 4 is 17.7 Å². The van der Waals surface area contributed by atoms with Crippen molar-refractivity contribution in [2.75, 3.05) is 26.3 Å². The first-order valence-corrected chi connectivity index (χ1v) is 10.3. The number of nitrogens with zero attached hydrogens (tertiary/aromatic N) is 2. The number of rotatable bonds is 4. The van der Waals surface area contributed by atoms with E-state index in [1.807, 2.05) is 12.1 Å². The van der Waals surface area contributed by atoms with Crippen molar-refractivity contribution in [3.63, 3.8) is 0 Å². The molecule has 4 aliphatic heterocycles. The Morgan fingerprint density at radius 1 is 1.14 bits per heavy atom. The molecule has 4 heterocycles. The van der Waals surface area contributed by atoms with Gasteiger partial charge in [-0.3, -0.25) is 24.6 Å². The van der Waals surface area contributed by atoms with Gasteiger partial charge in [0.15, 0.2) is 0 Å². The van der Waals surface area contributed by atoms with Gasteiger partial charge in [0.2, 0.25) is 11.8 Å². The van der Waals surface area contributed by atoms with Crippen molar-refractivity contribution in [3.8, 4) is 5.75 Å². The Hall–Kier alpha value is -2.45. The lowest BCUT2D eigenvalue weighted by molar-refractivity contribution is -0.136. The topological polar surface area (TPSA) is 88.2 Å². The molecule has 3 fully saturated rings. The van der Waals surface area contributed by atoms with Crippen LogP contribution in [0, 0.1) is 0 Å². The average Bonchev–Trinajstić information content (AvgIpc) is 2.97. The highest BCUT2D eigenvalue weighted by Gasteiger charge is 2.39. The fourth-order valence-electron chi connectivity index (χ4n) is 4.64. The van der Waals surface area contributed by atoms with Crippen LogP contribution in [0.3, 0.4) is 0 Å². The number of ether oxygens (including phenoxy) is 2. The molecule has 154 valence electrons. The molecular weight excluding hydrogens is 374 g/mol. The minimum absolute atomic E-state index is 0.130. The maximum Gasteiger partial charge on any atom is 0.255 e. The normalized spacial score (nSPS) is 28.1. The van der Waals surface area contributed by atoms with Crippen molar-refractivity contribution < 1.29 is 23.9 Å². The number of imide groups is 1. The Morgan fingerprint density at radius 2 is 2.00 bits per heavy atom. The summed E-state index contributed by atoms with van der Waals surface area (Å²) in [5.41, 5.74) is 1.48. The number of hydrogen-bond donors (Lipinski definition) is 1. The zero-order chi connectivity index (χ0) is 20.0. The number of amides is 3. The molecule has 8 heteroatoms. The number of carbonyl (C=O) groups is 3. The summed E-state index contributed by atoms with van der Waals surface area (Å²) in [6, 6.07) is 5.48. The van der Waals surface area contributed by atoms with E-state index in [4.69, 9.17) is 9.47 Å². The zero-order valence-electron chi connectivity index (χ0n) is 16.3. The number of likely N-dealkylation sites (tertiary alicyclic amines) is 1. The van der Waals surface area contributed by atoms with E-state index in [9.17, 15) is 14.4 Å². The molecule has 3 saturated heterocycles. The predicted octanol–water partition coefficient (Wildman–Crippen LogP) is 0.690. The summed E-state index contributed by atoms with van der Waals surface area (Å²) >= 11 is 0. The van der Waals surface area contributed by atoms with Crippen LogP contribution in [-0.2, 0) is 20.9 Å². The van der Waals surface area contributed by atoms with E-state index >= 15 is 0 Å². The van der Waals surface area contributed by atoms with E-state index in [0.29, 0.717) is 24.6 Å². The Kier molecular flexibility index (Phi) is 4.75. The summed E-state index contributed by atoms with van der Waals surface area (Å²) < 4.78 is 11.6. The fourth-order valence-corrected chi connectivity index (χ4v) is 4.64. The molecule has 4 aliphatic rings. The van der Waals surface area contributed by atoms with Crippen LogP contribution in [-0.4, -0.2) is 72.0 Å². The maximum atomic E-state index is 12.8. The van der Waals surface area contributed by atoms with Crippen LogP contribution in [0.1, 0.15) is 41.6 Å². The molecule has 1 N–H and O–H groups in total. The lowest BCUT2D eigenvalue weighted by atomic mass is 10.0. The largest absolute Gasteiger partial charge is 0.489 e. The zero-order valence-corrected chi connectivity index (χ0v) is 16.3. The lowest BCUT2D eigenvalue weighted by Gasteiger charge is -2.41. The highest BCUT2D eigenvalue weighted by Crippen LogP contribution is 2.31. The SMILES string of the molecule is O=C1CCC(N2Cc3cc(OC4CCCN(C5COC5)C4)ccc3C2=O)C(=O)N1. The molecule has 0 saturated carbocycles. The highest BCUT2D eigenvalue weighted by molar-refractivity contribution is 6.05. The second kappa shape index (κ2) is 7.42. The van der Waals surface area contributed by atoms with Gasteiger partial charge < -0.3 is 14.4 Å². The molecule has 1 aromatic rings. The van der Waals surface area contributed by atoms with Crippen LogP contribution < -0.4 is 10.1 Å². The molecule has 0 aromatic heterocycles. The van der Waals surface area contributed by atoms with Gasteiger partial charge in [-0.25, -0.2) is 0 Å². The Balaban J connectivity index is 1.26. The molecule has 5 rings (SSSR count). The molecule has 0 radical (unpaired) electrons. The summed E-state index contributed by atoms with van der Waals surface area (Å²) in [7, 11) is 0. The quantitative estimate of drug-likeness (QED) is 0.750. The van der Waals surface area contributed by atoms with Gasteiger partial charge in [-0.1, -0.05) is 0 Å². The smallest absolute Gasteiger partial charge is 0.255 e. The van der Waals surface area contributed by atoms with Crippen molar-refractivity contribution in [3.05, 3.63) is 29.3 Å². The van der Waals surface area contributed by atoms with Gasteiger partial charge in [0.1, 0.15) is 17.9 Å². The summed E-state index contributed by atoms with van der Waals surface area (Å²) in [6.45, 7) is 3.97. The molecule has 2 unspecified atom stereocenters. The third kappa shape index (κ3) is 3.51. The first-order valence-electron chi connectivity index (χ1n) is 10.3. The first kappa shape index (κ1) is 18.6. The van der Waals surface area contributed by atoms with E-state index in [0.717, 1.165) is 50.5 Å². The van der Waals surface area contributed by atoms with Crippen LogP contribution in [0.2, 0.25) is 0 Å². The molecule has 1 aromatic carbocycles. The van der Waals surface area contributed by atoms with Gasteiger partial charge in [0.25, 0.3) is 5.91 Å². The minimum Gasteiger partial charge on any atom is -0.489 e. The Morgan fingerprint density at radius 3 is 2.76 bits per heavy atom. The number of hydrogen-bond acceptors (Lipinski definition) is 6. The number of benzene rings is 1. The van der Waals surface area contributed by atoms with Crippen LogP contribution in [0.4, 0.5) is 0 Å². The standard InChI is InChI=1S/C21H25N3O5/c25-19-6-5-18(20(26)22-19)24-9-13-8-15(3-4-17(13)21(24)27)29-16-2-1-7-23(10-16)14-11-28-12-14/h3-4,8,14,16,18H,1-2,5-7,9-12H2,(H,22,25,26). The fraction of sp³-hybridized carbons (Fsp3) is 0.571. The third-order valence-electron chi connectivity index (χ3n) is 6.34. The van der Waals surface area contributed by atoms with Crippen molar-refractivity contribution in [2.24, 2.45) is 0 Å². The van der Waals surface area contributed by atoms with Gasteiger partial charge in [-0.15, -0.1) is 0 Å². The van der Waals surface area contributed by atoms with Crippen LogP contribution >= 0.6 is 0 Å². The van der Waals surface area contributed by atoms with E-state index < -0.39 is 6.04 Å². The third-order valence-corrected chi connectivity index (χ3v) is 6.34. The Labute approximate surface area is 169 Å². The molecule has 3 amide bonds. The Bertz CT molecular complexity index is 853. The molecule has 2 atom stereocenters. The van der Waals surface area contributed by atoms with E-state index in [1.54, 1.807) is 11.0 Å². The molecule has 0 spiro atoms. The summed E-state index contributed by atoms with van der Waals surface area (Å²) in [4.78, 5) is 40.4. The molecular formula is C21H25N3O5. The summed E-state index contributed by atoms with van der Waals surface area (Å²) in [5, 5.41) is 2.33. The van der Waals surface area contributed by atoms with Gasteiger partial charge in [0.05, 0.1) is 19.3 Å². The number of fused-ring (bicyclic) bond motifs is 1. The lowest BCUT2D eigenvalue weighted by Crippen LogP contribution is -2.54. The van der Waals surface area contributed by atoms with E-state index in [1.165, 1.54) is 0 Å². The minimum atomic E-state index is -0.589. The second-order valence-corrected chi connectivity index (χ2v) is 8.29. The average molecular weight is 399 g/mol. The predicted molar refractivity (Wildman–Crippen MR) is 102 cm³/mol. The monoisotopic (exact) mass is 399 g/mol. The van der Waals surface area contributed by atoms with E-state index in [-0.39, 0.29) is 30.2 Å². The van der Waals surface area contributed by atoms with Gasteiger partial charge in [-0.05, 0) is 49.6 Å². The van der Waals surface area contributed by atoms with Crippen molar-refractivity contribution in [1.82, 2.24) is 15.1 Å². The van der Waals surface area contributed by atoms with Gasteiger partial charge in [-0.2, -0.15) is 0 Å². The summed E-state index contributed by atoms with van der Waals surface area (Å²) in [6.07, 6.45) is 2.88. The molecule has 0 bridgehead atoms. The molecule has 0 aliphatic carbocycles. The second-order valence-electron chi connectivity index (χ2n) is 8.29. The van der Waals surface area contributed by atoms with Crippen molar-refractivity contribution in [2.45, 2.75) is 50.4 Å². The summed E-state index contributed by atoms with van der Waals surface area (Å²) in [5.74, 6) is -0.0597. The first-order chi connectivity index (χ1) is 14.1. The molecule has 8 nitrogen and oxygen atoms in total.